The maximum absolute atomic E-state index is 13.1. The minimum atomic E-state index is -1.25. The monoisotopic (exact) mass is 435 g/mol. The Morgan fingerprint density at radius 3 is 2.33 bits per heavy atom. The first-order valence-electron chi connectivity index (χ1n) is 8.99. The van der Waals surface area contributed by atoms with Gasteiger partial charge in [-0.15, -0.1) is 0 Å². The summed E-state index contributed by atoms with van der Waals surface area (Å²) in [6, 6.07) is 2.75. The normalized spacial score (nSPS) is 24.7. The van der Waals surface area contributed by atoms with Crippen molar-refractivity contribution in [3.05, 3.63) is 39.4 Å². The van der Waals surface area contributed by atoms with Crippen molar-refractivity contribution in [2.45, 2.75) is 18.9 Å². The number of halogens is 1. The minimum Gasteiger partial charge on any atom is -0.507 e. The van der Waals surface area contributed by atoms with E-state index in [9.17, 15) is 35.1 Å². The molecule has 0 aromatic heterocycles. The lowest BCUT2D eigenvalue weighted by molar-refractivity contribution is -0.0112. The third-order valence-electron chi connectivity index (χ3n) is 6.13. The van der Waals surface area contributed by atoms with Crippen LogP contribution in [0, 0.1) is 11.8 Å². The molecule has 4 rings (SSSR count). The van der Waals surface area contributed by atoms with Crippen LogP contribution < -0.4 is 5.73 Å². The van der Waals surface area contributed by atoms with Crippen molar-refractivity contribution < 1.29 is 39.9 Å². The smallest absolute Gasteiger partial charge is 0.256 e. The number of nitrogens with two attached hydrogens (primary N) is 1. The maximum Gasteiger partial charge on any atom is 0.256 e. The van der Waals surface area contributed by atoms with Crippen molar-refractivity contribution in [1.29, 1.82) is 0 Å². The molecule has 1 aliphatic heterocycles. The van der Waals surface area contributed by atoms with E-state index in [0.717, 1.165) is 0 Å². The summed E-state index contributed by atoms with van der Waals surface area (Å²) in [6.07, 6.45) is -0.212. The van der Waals surface area contributed by atoms with E-state index in [1.54, 1.807) is 6.92 Å². The average Bonchev–Trinajstić information content (AvgIpc) is 2.95. The van der Waals surface area contributed by atoms with Gasteiger partial charge in [0.2, 0.25) is 0 Å². The lowest BCUT2D eigenvalue weighted by Gasteiger charge is -2.38. The number of primary amides is 1. The molecule has 158 valence electrons. The number of benzene rings is 2. The molecule has 0 spiro atoms. The van der Waals surface area contributed by atoms with Crippen molar-refractivity contribution in [2.75, 3.05) is 6.61 Å². The van der Waals surface area contributed by atoms with Crippen LogP contribution in [0.5, 0.6) is 28.7 Å². The number of rotatable bonds is 3. The highest BCUT2D eigenvalue weighted by molar-refractivity contribution is 6.32. The number of carbonyl (C=O) groups is 2. The van der Waals surface area contributed by atoms with Crippen molar-refractivity contribution in [3.63, 3.8) is 0 Å². The summed E-state index contributed by atoms with van der Waals surface area (Å²) in [7, 11) is 0. The molecule has 9 nitrogen and oxygen atoms in total. The van der Waals surface area contributed by atoms with Crippen molar-refractivity contribution in [3.8, 4) is 28.7 Å². The van der Waals surface area contributed by atoms with E-state index >= 15 is 0 Å². The Kier molecular flexibility index (Phi) is 4.30. The van der Waals surface area contributed by atoms with Gasteiger partial charge in [-0.3, -0.25) is 9.59 Å². The van der Waals surface area contributed by atoms with Crippen LogP contribution in [0.3, 0.4) is 0 Å². The molecule has 2 aliphatic rings. The highest BCUT2D eigenvalue weighted by atomic mass is 35.5. The standard InChI is InChI=1S/C20H18ClNO8/c1-20-8(4-6-15(25)17(27)12(19(22)29)18(28)16(6)26)7(5-30-20)14(24)11-10(23)3-2-9(21)13(11)20/h2-3,7-8,23,25-28H,4-5H2,1H3,(H2,22,29)/t7-,8+,20+/m1/s1. The fourth-order valence-corrected chi connectivity index (χ4v) is 4.95. The molecule has 2 aromatic rings. The van der Waals surface area contributed by atoms with Crippen LogP contribution in [0.25, 0.3) is 0 Å². The second-order valence-electron chi connectivity index (χ2n) is 7.63. The van der Waals surface area contributed by atoms with E-state index in [1.165, 1.54) is 12.1 Å². The molecule has 1 fully saturated rings. The SMILES string of the molecule is C[C@@]12OC[C@@H](C(=O)c3c(O)ccc(Cl)c31)[C@@H]2Cc1c(O)c(O)c(C(N)=O)c(O)c1O. The van der Waals surface area contributed by atoms with Gasteiger partial charge in [0.15, 0.2) is 28.8 Å². The molecule has 1 aliphatic carbocycles. The predicted octanol–water partition coefficient (Wildman–Crippen LogP) is 1.88. The summed E-state index contributed by atoms with van der Waals surface area (Å²) in [5.74, 6) is -6.96. The van der Waals surface area contributed by atoms with Crippen LogP contribution in [-0.4, -0.2) is 43.8 Å². The van der Waals surface area contributed by atoms with Gasteiger partial charge < -0.3 is 36.0 Å². The number of phenolic OH excluding ortho intramolecular Hbond substituents is 3. The number of phenols is 5. The number of amides is 1. The van der Waals surface area contributed by atoms with Gasteiger partial charge >= 0.3 is 0 Å². The Balaban J connectivity index is 1.88. The molecule has 1 heterocycles. The Hall–Kier alpha value is -3.17. The summed E-state index contributed by atoms with van der Waals surface area (Å²) in [5.41, 5.74) is 3.15. The quantitative estimate of drug-likeness (QED) is 0.313. The average molecular weight is 436 g/mol. The molecule has 0 radical (unpaired) electrons. The zero-order valence-corrected chi connectivity index (χ0v) is 16.4. The zero-order chi connectivity index (χ0) is 22.1. The lowest BCUT2D eigenvalue weighted by Crippen LogP contribution is -2.41. The van der Waals surface area contributed by atoms with Gasteiger partial charge in [-0.25, -0.2) is 0 Å². The summed E-state index contributed by atoms with van der Waals surface area (Å²) >= 11 is 6.32. The highest BCUT2D eigenvalue weighted by Gasteiger charge is 2.57. The van der Waals surface area contributed by atoms with E-state index in [-0.39, 0.29) is 40.5 Å². The van der Waals surface area contributed by atoms with Crippen molar-refractivity contribution >= 4 is 23.3 Å². The molecule has 10 heteroatoms. The second kappa shape index (κ2) is 6.41. The first-order valence-corrected chi connectivity index (χ1v) is 9.37. The lowest BCUT2D eigenvalue weighted by atomic mass is 9.66. The van der Waals surface area contributed by atoms with Crippen LogP contribution in [0.4, 0.5) is 0 Å². The second-order valence-corrected chi connectivity index (χ2v) is 8.04. The van der Waals surface area contributed by atoms with E-state index in [2.05, 4.69) is 0 Å². The third-order valence-corrected chi connectivity index (χ3v) is 6.45. The Morgan fingerprint density at radius 1 is 1.17 bits per heavy atom. The Bertz CT molecular complexity index is 1100. The first-order chi connectivity index (χ1) is 14.0. The molecule has 3 atom stereocenters. The molecule has 0 unspecified atom stereocenters. The largest absolute Gasteiger partial charge is 0.507 e. The number of carbonyl (C=O) groups excluding carboxylic acids is 2. The van der Waals surface area contributed by atoms with Crippen LogP contribution in [0.2, 0.25) is 5.02 Å². The molecule has 30 heavy (non-hydrogen) atoms. The molecule has 2 aromatic carbocycles. The maximum atomic E-state index is 13.1. The summed E-state index contributed by atoms with van der Waals surface area (Å²) in [4.78, 5) is 24.5. The van der Waals surface area contributed by atoms with Gasteiger partial charge in [0.05, 0.1) is 23.7 Å². The number of fused-ring (bicyclic) bond motifs is 4. The van der Waals surface area contributed by atoms with E-state index in [1.807, 2.05) is 0 Å². The molecule has 7 N–H and O–H groups in total. The topological polar surface area (TPSA) is 171 Å². The van der Waals surface area contributed by atoms with Gasteiger partial charge in [0, 0.05) is 22.1 Å². The predicted molar refractivity (Wildman–Crippen MR) is 103 cm³/mol. The van der Waals surface area contributed by atoms with Crippen molar-refractivity contribution in [2.24, 2.45) is 17.6 Å². The molecule has 1 amide bonds. The number of ketones is 1. The number of ether oxygens (including phenoxy) is 1. The van der Waals surface area contributed by atoms with E-state index < -0.39 is 57.7 Å². The van der Waals surface area contributed by atoms with Crippen LogP contribution in [-0.2, 0) is 16.8 Å². The summed E-state index contributed by atoms with van der Waals surface area (Å²) in [6.45, 7) is 1.67. The van der Waals surface area contributed by atoms with E-state index in [4.69, 9.17) is 22.1 Å². The summed E-state index contributed by atoms with van der Waals surface area (Å²) in [5, 5.41) is 51.4. The van der Waals surface area contributed by atoms with Gasteiger partial charge in [0.25, 0.3) is 5.91 Å². The number of Topliss-reactive ketones (excluding diaryl/α,β-unsaturated/α-hetero) is 1. The van der Waals surface area contributed by atoms with Gasteiger partial charge in [-0.1, -0.05) is 11.6 Å². The fourth-order valence-electron chi connectivity index (χ4n) is 4.60. The van der Waals surface area contributed by atoms with Gasteiger partial charge in [-0.05, 0) is 25.5 Å². The Morgan fingerprint density at radius 2 is 1.77 bits per heavy atom. The molecular formula is C20H18ClNO8. The third kappa shape index (κ3) is 2.45. The van der Waals surface area contributed by atoms with E-state index in [0.29, 0.717) is 0 Å². The van der Waals surface area contributed by atoms with Crippen LogP contribution in [0.15, 0.2) is 12.1 Å². The number of hydrogen-bond donors (Lipinski definition) is 6. The minimum absolute atomic E-state index is 0.00328. The number of hydrogen-bond acceptors (Lipinski definition) is 8. The highest BCUT2D eigenvalue weighted by Crippen LogP contribution is 2.57. The summed E-state index contributed by atoms with van der Waals surface area (Å²) < 4.78 is 5.91. The number of aromatic hydroxyl groups is 5. The molecular weight excluding hydrogens is 418 g/mol. The van der Waals surface area contributed by atoms with Gasteiger partial charge in [0.1, 0.15) is 11.3 Å². The first kappa shape index (κ1) is 20.1. The van der Waals surface area contributed by atoms with Gasteiger partial charge in [-0.2, -0.15) is 0 Å². The Labute approximate surface area is 174 Å². The molecule has 1 saturated heterocycles. The zero-order valence-electron chi connectivity index (χ0n) is 15.6. The van der Waals surface area contributed by atoms with Crippen LogP contribution >= 0.6 is 11.6 Å². The molecule has 0 saturated carbocycles. The van der Waals surface area contributed by atoms with Crippen molar-refractivity contribution in [1.82, 2.24) is 0 Å². The van der Waals surface area contributed by atoms with Crippen LogP contribution in [0.1, 0.15) is 38.8 Å². The fraction of sp³-hybridized carbons (Fsp3) is 0.300. The molecule has 2 bridgehead atoms.